The number of likely N-dealkylation sites (tertiary alicyclic amines) is 1. The monoisotopic (exact) mass is 287 g/mol. The second kappa shape index (κ2) is 6.27. The molecule has 1 saturated heterocycles. The SMILES string of the molecule is CN(C(=O)N1CCC(C(=O)O)CC1)c1ccccc1C#N. The zero-order chi connectivity index (χ0) is 15.4. The molecule has 2 amide bonds. The van der Waals surface area contributed by atoms with E-state index in [0.29, 0.717) is 37.2 Å². The van der Waals surface area contributed by atoms with Crippen molar-refractivity contribution in [2.45, 2.75) is 12.8 Å². The van der Waals surface area contributed by atoms with E-state index in [2.05, 4.69) is 6.07 Å². The molecule has 0 radical (unpaired) electrons. The Hall–Kier alpha value is -2.55. The summed E-state index contributed by atoms with van der Waals surface area (Å²) in [5.41, 5.74) is 0.999. The highest BCUT2D eigenvalue weighted by atomic mass is 16.4. The van der Waals surface area contributed by atoms with Crippen molar-refractivity contribution in [3.63, 3.8) is 0 Å². The zero-order valence-corrected chi connectivity index (χ0v) is 11.8. The number of nitrogens with zero attached hydrogens (tertiary/aromatic N) is 3. The predicted molar refractivity (Wildman–Crippen MR) is 76.9 cm³/mol. The fourth-order valence-corrected chi connectivity index (χ4v) is 2.49. The van der Waals surface area contributed by atoms with Gasteiger partial charge in [-0.3, -0.25) is 9.69 Å². The van der Waals surface area contributed by atoms with Crippen LogP contribution in [0, 0.1) is 17.2 Å². The molecule has 0 saturated carbocycles. The third kappa shape index (κ3) is 3.14. The number of aliphatic carboxylic acids is 1. The molecular formula is C15H17N3O3. The zero-order valence-electron chi connectivity index (χ0n) is 11.8. The molecule has 1 N–H and O–H groups in total. The van der Waals surface area contributed by atoms with Crippen LogP contribution in [0.25, 0.3) is 0 Å². The number of piperidine rings is 1. The maximum atomic E-state index is 12.4. The van der Waals surface area contributed by atoms with Crippen LogP contribution in [0.1, 0.15) is 18.4 Å². The van der Waals surface area contributed by atoms with Crippen molar-refractivity contribution in [2.75, 3.05) is 25.0 Å². The van der Waals surface area contributed by atoms with E-state index in [-0.39, 0.29) is 11.9 Å². The van der Waals surface area contributed by atoms with Crippen molar-refractivity contribution in [2.24, 2.45) is 5.92 Å². The topological polar surface area (TPSA) is 84.6 Å². The fraction of sp³-hybridized carbons (Fsp3) is 0.400. The Morgan fingerprint density at radius 1 is 1.33 bits per heavy atom. The minimum Gasteiger partial charge on any atom is -0.481 e. The standard InChI is InChI=1S/C15H17N3O3/c1-17(13-5-3-2-4-12(13)10-16)15(21)18-8-6-11(7-9-18)14(19)20/h2-5,11H,6-9H2,1H3,(H,19,20). The minimum absolute atomic E-state index is 0.207. The van der Waals surface area contributed by atoms with Crippen LogP contribution in [-0.2, 0) is 4.79 Å². The molecule has 0 aliphatic carbocycles. The summed E-state index contributed by atoms with van der Waals surface area (Å²) in [7, 11) is 1.63. The smallest absolute Gasteiger partial charge is 0.324 e. The summed E-state index contributed by atoms with van der Waals surface area (Å²) >= 11 is 0. The highest BCUT2D eigenvalue weighted by Gasteiger charge is 2.29. The number of urea groups is 1. The van der Waals surface area contributed by atoms with Crippen molar-refractivity contribution in [3.05, 3.63) is 29.8 Å². The molecule has 0 atom stereocenters. The Labute approximate surface area is 123 Å². The molecule has 1 aliphatic rings. The molecule has 6 nitrogen and oxygen atoms in total. The molecule has 0 spiro atoms. The van der Waals surface area contributed by atoms with Crippen LogP contribution in [0.15, 0.2) is 24.3 Å². The number of para-hydroxylation sites is 1. The first-order valence-electron chi connectivity index (χ1n) is 6.79. The van der Waals surface area contributed by atoms with Crippen LogP contribution in [0.5, 0.6) is 0 Å². The van der Waals surface area contributed by atoms with Gasteiger partial charge in [0.1, 0.15) is 6.07 Å². The second-order valence-electron chi connectivity index (χ2n) is 5.07. The number of carbonyl (C=O) groups is 2. The van der Waals surface area contributed by atoms with Gasteiger partial charge in [0.25, 0.3) is 0 Å². The fourth-order valence-electron chi connectivity index (χ4n) is 2.49. The Bertz CT molecular complexity index is 586. The van der Waals surface area contributed by atoms with Crippen molar-refractivity contribution < 1.29 is 14.7 Å². The van der Waals surface area contributed by atoms with Gasteiger partial charge < -0.3 is 10.0 Å². The number of anilines is 1. The minimum atomic E-state index is -0.801. The molecule has 1 fully saturated rings. The van der Waals surface area contributed by atoms with Crippen molar-refractivity contribution in [3.8, 4) is 6.07 Å². The van der Waals surface area contributed by atoms with Crippen molar-refractivity contribution in [1.29, 1.82) is 5.26 Å². The molecule has 110 valence electrons. The lowest BCUT2D eigenvalue weighted by molar-refractivity contribution is -0.143. The molecule has 1 aromatic rings. The first kappa shape index (κ1) is 14.9. The van der Waals surface area contributed by atoms with Crippen LogP contribution in [0.3, 0.4) is 0 Å². The first-order chi connectivity index (χ1) is 10.0. The van der Waals surface area contributed by atoms with E-state index in [0.717, 1.165) is 0 Å². The molecule has 0 unspecified atom stereocenters. The van der Waals surface area contributed by atoms with Crippen LogP contribution >= 0.6 is 0 Å². The maximum absolute atomic E-state index is 12.4. The first-order valence-corrected chi connectivity index (χ1v) is 6.79. The third-order valence-electron chi connectivity index (χ3n) is 3.79. The average Bonchev–Trinajstić information content (AvgIpc) is 2.53. The van der Waals surface area contributed by atoms with E-state index < -0.39 is 5.97 Å². The van der Waals surface area contributed by atoms with Crippen LogP contribution in [0.2, 0.25) is 0 Å². The maximum Gasteiger partial charge on any atom is 0.324 e. The van der Waals surface area contributed by atoms with Crippen molar-refractivity contribution >= 4 is 17.7 Å². The van der Waals surface area contributed by atoms with Gasteiger partial charge in [-0.1, -0.05) is 12.1 Å². The van der Waals surface area contributed by atoms with Gasteiger partial charge in [-0.15, -0.1) is 0 Å². The highest BCUT2D eigenvalue weighted by molar-refractivity contribution is 5.93. The third-order valence-corrected chi connectivity index (χ3v) is 3.79. The molecule has 2 rings (SSSR count). The Balaban J connectivity index is 2.07. The summed E-state index contributed by atoms with van der Waals surface area (Å²) in [5.74, 6) is -1.17. The number of rotatable bonds is 2. The predicted octanol–water partition coefficient (Wildman–Crippen LogP) is 1.91. The number of hydrogen-bond donors (Lipinski definition) is 1. The van der Waals surface area contributed by atoms with E-state index in [4.69, 9.17) is 10.4 Å². The normalized spacial score (nSPS) is 15.3. The number of nitriles is 1. The number of carboxylic acids is 1. The number of amides is 2. The molecule has 1 aromatic carbocycles. The van der Waals surface area contributed by atoms with Gasteiger partial charge in [-0.05, 0) is 25.0 Å². The van der Waals surface area contributed by atoms with Crippen molar-refractivity contribution in [1.82, 2.24) is 4.90 Å². The van der Waals surface area contributed by atoms with E-state index in [1.165, 1.54) is 4.90 Å². The van der Waals surface area contributed by atoms with Gasteiger partial charge in [0.2, 0.25) is 0 Å². The quantitative estimate of drug-likeness (QED) is 0.900. The molecule has 0 bridgehead atoms. The Kier molecular flexibility index (Phi) is 4.43. The van der Waals surface area contributed by atoms with Gasteiger partial charge in [0.05, 0.1) is 17.2 Å². The molecule has 1 aliphatic heterocycles. The van der Waals surface area contributed by atoms with Crippen LogP contribution < -0.4 is 4.90 Å². The lowest BCUT2D eigenvalue weighted by Crippen LogP contribution is -2.46. The molecule has 0 aromatic heterocycles. The number of carboxylic acid groups (broad SMARTS) is 1. The van der Waals surface area contributed by atoms with Gasteiger partial charge in [-0.2, -0.15) is 5.26 Å². The summed E-state index contributed by atoms with van der Waals surface area (Å²) in [6, 6.07) is 8.77. The van der Waals surface area contributed by atoms with E-state index >= 15 is 0 Å². The summed E-state index contributed by atoms with van der Waals surface area (Å²) in [4.78, 5) is 26.4. The van der Waals surface area contributed by atoms with E-state index in [1.807, 2.05) is 0 Å². The average molecular weight is 287 g/mol. The molecular weight excluding hydrogens is 270 g/mol. The molecule has 6 heteroatoms. The van der Waals surface area contributed by atoms with Gasteiger partial charge in [0.15, 0.2) is 0 Å². The molecule has 21 heavy (non-hydrogen) atoms. The summed E-state index contributed by atoms with van der Waals surface area (Å²) in [5, 5.41) is 18.1. The largest absolute Gasteiger partial charge is 0.481 e. The number of hydrogen-bond acceptors (Lipinski definition) is 3. The summed E-state index contributed by atoms with van der Waals surface area (Å²) in [6.07, 6.45) is 0.934. The lowest BCUT2D eigenvalue weighted by Gasteiger charge is -2.33. The Morgan fingerprint density at radius 3 is 2.52 bits per heavy atom. The highest BCUT2D eigenvalue weighted by Crippen LogP contribution is 2.22. The second-order valence-corrected chi connectivity index (χ2v) is 5.07. The van der Waals surface area contributed by atoms with Crippen LogP contribution in [-0.4, -0.2) is 42.1 Å². The van der Waals surface area contributed by atoms with E-state index in [1.54, 1.807) is 36.2 Å². The Morgan fingerprint density at radius 2 is 1.95 bits per heavy atom. The molecule has 1 heterocycles. The number of carbonyl (C=O) groups excluding carboxylic acids is 1. The summed E-state index contributed by atoms with van der Waals surface area (Å²) in [6.45, 7) is 0.851. The lowest BCUT2D eigenvalue weighted by atomic mass is 9.97. The summed E-state index contributed by atoms with van der Waals surface area (Å²) < 4.78 is 0. The van der Waals surface area contributed by atoms with E-state index in [9.17, 15) is 9.59 Å². The van der Waals surface area contributed by atoms with Crippen LogP contribution in [0.4, 0.5) is 10.5 Å². The van der Waals surface area contributed by atoms with Gasteiger partial charge >= 0.3 is 12.0 Å². The number of benzene rings is 1. The van der Waals surface area contributed by atoms with Gasteiger partial charge in [0, 0.05) is 20.1 Å². The van der Waals surface area contributed by atoms with Gasteiger partial charge in [-0.25, -0.2) is 4.79 Å².